The van der Waals surface area contributed by atoms with Crippen molar-refractivity contribution in [3.63, 3.8) is 0 Å². The lowest BCUT2D eigenvalue weighted by molar-refractivity contribution is -0.384. The van der Waals surface area contributed by atoms with Gasteiger partial charge in [-0.1, -0.05) is 18.2 Å². The van der Waals surface area contributed by atoms with E-state index in [1.807, 2.05) is 6.07 Å². The van der Waals surface area contributed by atoms with Gasteiger partial charge >= 0.3 is 0 Å². The molecule has 0 aliphatic heterocycles. The molecule has 0 spiro atoms. The Morgan fingerprint density at radius 2 is 1.88 bits per heavy atom. The van der Waals surface area contributed by atoms with Gasteiger partial charge in [-0.15, -0.1) is 0 Å². The molecule has 0 N–H and O–H groups in total. The molecule has 0 aliphatic carbocycles. The Bertz CT molecular complexity index is 810. The highest BCUT2D eigenvalue weighted by atomic mass is 19.1. The first-order valence-corrected chi connectivity index (χ1v) is 8.22. The fraction of sp³-hybridized carbons (Fsp3) is 0.316. The summed E-state index contributed by atoms with van der Waals surface area (Å²) in [7, 11) is 3.42. The van der Waals surface area contributed by atoms with Crippen LogP contribution in [0, 0.1) is 22.9 Å². The Balaban J connectivity index is 1.97. The number of anilines is 1. The van der Waals surface area contributed by atoms with Gasteiger partial charge in [0.05, 0.1) is 11.3 Å². The van der Waals surface area contributed by atoms with Crippen LogP contribution in [-0.2, 0) is 11.2 Å². The zero-order valence-electron chi connectivity index (χ0n) is 15.1. The normalized spacial score (nSPS) is 10.5. The van der Waals surface area contributed by atoms with Crippen molar-refractivity contribution in [2.45, 2.75) is 13.3 Å². The highest BCUT2D eigenvalue weighted by Gasteiger charge is 2.18. The number of hydrogen-bond donors (Lipinski definition) is 0. The SMILES string of the molecule is Cc1ccc(N(C)CCN(C)C(=O)Cc2cccc(F)c2)c([N+](=O)[O-])c1. The minimum atomic E-state index is -0.405. The Labute approximate surface area is 152 Å². The van der Waals surface area contributed by atoms with E-state index in [2.05, 4.69) is 0 Å². The third-order valence-electron chi connectivity index (χ3n) is 4.18. The Morgan fingerprint density at radius 3 is 2.54 bits per heavy atom. The van der Waals surface area contributed by atoms with Crippen molar-refractivity contribution >= 4 is 17.3 Å². The maximum absolute atomic E-state index is 13.2. The fourth-order valence-electron chi connectivity index (χ4n) is 2.60. The minimum Gasteiger partial charge on any atom is -0.367 e. The molecule has 2 rings (SSSR count). The van der Waals surface area contributed by atoms with Gasteiger partial charge in [-0.3, -0.25) is 14.9 Å². The number of rotatable bonds is 7. The van der Waals surface area contributed by atoms with Gasteiger partial charge < -0.3 is 9.80 Å². The first-order chi connectivity index (χ1) is 12.3. The Morgan fingerprint density at radius 1 is 1.15 bits per heavy atom. The second-order valence-corrected chi connectivity index (χ2v) is 6.29. The van der Waals surface area contributed by atoms with Crippen LogP contribution in [0.3, 0.4) is 0 Å². The molecule has 0 bridgehead atoms. The Hall–Kier alpha value is -2.96. The second kappa shape index (κ2) is 8.42. The highest BCUT2D eigenvalue weighted by molar-refractivity contribution is 5.78. The van der Waals surface area contributed by atoms with Gasteiger partial charge in [0.25, 0.3) is 5.69 Å². The van der Waals surface area contributed by atoms with Gasteiger partial charge in [0.1, 0.15) is 11.5 Å². The third kappa shape index (κ3) is 5.02. The maximum atomic E-state index is 13.2. The number of hydrogen-bond acceptors (Lipinski definition) is 4. The van der Waals surface area contributed by atoms with Crippen LogP contribution in [0.15, 0.2) is 42.5 Å². The van der Waals surface area contributed by atoms with Gasteiger partial charge in [-0.05, 0) is 36.2 Å². The van der Waals surface area contributed by atoms with Crippen LogP contribution in [0.1, 0.15) is 11.1 Å². The largest absolute Gasteiger partial charge is 0.367 e. The molecule has 0 aliphatic rings. The Kier molecular flexibility index (Phi) is 6.27. The molecule has 0 atom stereocenters. The number of amides is 1. The van der Waals surface area contributed by atoms with Crippen molar-refractivity contribution in [1.82, 2.24) is 4.90 Å². The van der Waals surface area contributed by atoms with Crippen molar-refractivity contribution in [2.75, 3.05) is 32.1 Å². The molecule has 7 heteroatoms. The van der Waals surface area contributed by atoms with Crippen LogP contribution in [0.2, 0.25) is 0 Å². The molecule has 26 heavy (non-hydrogen) atoms. The summed E-state index contributed by atoms with van der Waals surface area (Å²) in [4.78, 5) is 26.4. The first-order valence-electron chi connectivity index (χ1n) is 8.22. The van der Waals surface area contributed by atoms with Crippen molar-refractivity contribution in [1.29, 1.82) is 0 Å². The van der Waals surface area contributed by atoms with Crippen LogP contribution >= 0.6 is 0 Å². The molecule has 2 aromatic rings. The monoisotopic (exact) mass is 359 g/mol. The molecule has 0 radical (unpaired) electrons. The van der Waals surface area contributed by atoms with E-state index in [0.29, 0.717) is 24.3 Å². The summed E-state index contributed by atoms with van der Waals surface area (Å²) in [6.07, 6.45) is 0.114. The van der Waals surface area contributed by atoms with Crippen molar-refractivity contribution < 1.29 is 14.1 Å². The molecule has 0 aromatic heterocycles. The van der Waals surface area contributed by atoms with Gasteiger partial charge in [0.2, 0.25) is 5.91 Å². The molecule has 6 nitrogen and oxygen atoms in total. The minimum absolute atomic E-state index is 0.0428. The number of nitro groups is 1. The summed E-state index contributed by atoms with van der Waals surface area (Å²) in [6, 6.07) is 11.0. The molecule has 0 saturated carbocycles. The lowest BCUT2D eigenvalue weighted by Crippen LogP contribution is -2.35. The van der Waals surface area contributed by atoms with Gasteiger partial charge in [0.15, 0.2) is 0 Å². The van der Waals surface area contributed by atoms with Gasteiger partial charge in [-0.25, -0.2) is 4.39 Å². The van der Waals surface area contributed by atoms with Crippen molar-refractivity contribution in [3.05, 3.63) is 69.5 Å². The van der Waals surface area contributed by atoms with E-state index in [-0.39, 0.29) is 23.8 Å². The predicted octanol–water partition coefficient (Wildman–Crippen LogP) is 3.18. The number of benzene rings is 2. The molecule has 0 fully saturated rings. The standard InChI is InChI=1S/C19H22FN3O3/c1-14-7-8-17(18(11-14)23(25)26)21(2)9-10-22(3)19(24)13-15-5-4-6-16(20)12-15/h4-8,11-12H,9-10,13H2,1-3H3. The molecule has 0 unspecified atom stereocenters. The lowest BCUT2D eigenvalue weighted by Gasteiger charge is -2.24. The zero-order valence-corrected chi connectivity index (χ0v) is 15.1. The van der Waals surface area contributed by atoms with Crippen molar-refractivity contribution in [2.24, 2.45) is 0 Å². The van der Waals surface area contributed by atoms with E-state index in [4.69, 9.17) is 0 Å². The molecule has 0 heterocycles. The van der Waals surface area contributed by atoms with E-state index in [0.717, 1.165) is 5.56 Å². The smallest absolute Gasteiger partial charge is 0.292 e. The number of nitro benzene ring substituents is 1. The van der Waals surface area contributed by atoms with E-state index < -0.39 is 4.92 Å². The number of likely N-dealkylation sites (N-methyl/N-ethyl adjacent to an activating group) is 2. The summed E-state index contributed by atoms with van der Waals surface area (Å²) < 4.78 is 13.2. The van der Waals surface area contributed by atoms with Crippen LogP contribution in [0.4, 0.5) is 15.8 Å². The number of aryl methyl sites for hydroxylation is 1. The molecule has 0 saturated heterocycles. The first kappa shape index (κ1) is 19.4. The van der Waals surface area contributed by atoms with E-state index in [1.165, 1.54) is 18.2 Å². The quantitative estimate of drug-likeness (QED) is 0.562. The topological polar surface area (TPSA) is 66.7 Å². The molecular weight excluding hydrogens is 337 g/mol. The molecule has 1 amide bonds. The summed E-state index contributed by atoms with van der Waals surface area (Å²) >= 11 is 0. The third-order valence-corrected chi connectivity index (χ3v) is 4.18. The number of halogens is 1. The van der Waals surface area contributed by atoms with E-state index >= 15 is 0 Å². The van der Waals surface area contributed by atoms with Crippen LogP contribution in [-0.4, -0.2) is 42.9 Å². The fourth-order valence-corrected chi connectivity index (χ4v) is 2.60. The maximum Gasteiger partial charge on any atom is 0.292 e. The van der Waals surface area contributed by atoms with Crippen LogP contribution in [0.25, 0.3) is 0 Å². The lowest BCUT2D eigenvalue weighted by atomic mass is 10.1. The molecule has 2 aromatic carbocycles. The average Bonchev–Trinajstić information content (AvgIpc) is 2.59. The summed E-state index contributed by atoms with van der Waals surface area (Å²) in [6.45, 7) is 2.64. The molecular formula is C19H22FN3O3. The van der Waals surface area contributed by atoms with Crippen molar-refractivity contribution in [3.8, 4) is 0 Å². The second-order valence-electron chi connectivity index (χ2n) is 6.29. The summed E-state index contributed by atoms with van der Waals surface area (Å²) in [5.41, 5.74) is 1.98. The number of nitrogens with zero attached hydrogens (tertiary/aromatic N) is 3. The zero-order chi connectivity index (χ0) is 19.3. The van der Waals surface area contributed by atoms with Gasteiger partial charge in [0, 0.05) is 33.3 Å². The van der Waals surface area contributed by atoms with E-state index in [1.54, 1.807) is 49.0 Å². The van der Waals surface area contributed by atoms with E-state index in [9.17, 15) is 19.3 Å². The molecule has 138 valence electrons. The predicted molar refractivity (Wildman–Crippen MR) is 98.8 cm³/mol. The summed E-state index contributed by atoms with van der Waals surface area (Å²) in [5, 5.41) is 11.2. The van der Waals surface area contributed by atoms with Crippen LogP contribution < -0.4 is 4.90 Å². The van der Waals surface area contributed by atoms with Gasteiger partial charge in [-0.2, -0.15) is 0 Å². The van der Waals surface area contributed by atoms with Crippen LogP contribution in [0.5, 0.6) is 0 Å². The average molecular weight is 359 g/mol. The number of carbonyl (C=O) groups excluding carboxylic acids is 1. The summed E-state index contributed by atoms with van der Waals surface area (Å²) in [5.74, 6) is -0.508. The highest BCUT2D eigenvalue weighted by Crippen LogP contribution is 2.28. The number of carbonyl (C=O) groups is 1.